The number of primary amides is 1. The molecule has 154 valence electrons. The lowest BCUT2D eigenvalue weighted by Gasteiger charge is -2.48. The molecule has 9 nitrogen and oxygen atoms in total. The fourth-order valence-electron chi connectivity index (χ4n) is 5.05. The Hall–Kier alpha value is -2.65. The van der Waals surface area contributed by atoms with Gasteiger partial charge in [-0.1, -0.05) is 6.42 Å². The molecule has 0 radical (unpaired) electrons. The van der Waals surface area contributed by atoms with E-state index in [1.807, 2.05) is 0 Å². The molecule has 5 heterocycles. The van der Waals surface area contributed by atoms with E-state index in [-0.39, 0.29) is 23.2 Å². The zero-order valence-corrected chi connectivity index (χ0v) is 16.2. The Labute approximate surface area is 168 Å². The number of hydrogen-bond donors (Lipinski definition) is 2. The van der Waals surface area contributed by atoms with Gasteiger partial charge in [0, 0.05) is 37.4 Å². The third-order valence-corrected chi connectivity index (χ3v) is 6.33. The standard InChI is InChI=1S/C20H25N5O4/c21-18(26)17-16(15-5-2-7-22-19(15)29-17)23-20(27)24-8-6-12(9-24)25-13-3-1-4-14(25)11-28-10-13/h2,5,7,12-14H,1,3-4,6,8-11H2,(H2,21,26)(H,23,27)/t12-,13?,14?/m1/s1. The minimum absolute atomic E-state index is 0.0782. The summed E-state index contributed by atoms with van der Waals surface area (Å²) in [4.78, 5) is 33.2. The first kappa shape index (κ1) is 18.4. The van der Waals surface area contributed by atoms with E-state index < -0.39 is 5.91 Å². The number of urea groups is 1. The van der Waals surface area contributed by atoms with Crippen LogP contribution in [0.2, 0.25) is 0 Å². The van der Waals surface area contributed by atoms with Gasteiger partial charge in [-0.2, -0.15) is 0 Å². The number of nitrogens with one attached hydrogen (secondary N) is 1. The van der Waals surface area contributed by atoms with Crippen LogP contribution in [0.1, 0.15) is 36.2 Å². The number of aromatic nitrogens is 1. The topological polar surface area (TPSA) is 114 Å². The fourth-order valence-corrected chi connectivity index (χ4v) is 5.05. The van der Waals surface area contributed by atoms with Gasteiger partial charge < -0.3 is 25.1 Å². The lowest BCUT2D eigenvalue weighted by atomic mass is 9.92. The molecule has 0 saturated carbocycles. The number of morpholine rings is 1. The van der Waals surface area contributed by atoms with Crippen molar-refractivity contribution in [3.63, 3.8) is 0 Å². The van der Waals surface area contributed by atoms with Crippen LogP contribution < -0.4 is 11.1 Å². The van der Waals surface area contributed by atoms with Crippen molar-refractivity contribution < 1.29 is 18.7 Å². The predicted octanol–water partition coefficient (Wildman–Crippen LogP) is 1.79. The Kier molecular flexibility index (Phi) is 4.63. The van der Waals surface area contributed by atoms with Gasteiger partial charge >= 0.3 is 6.03 Å². The van der Waals surface area contributed by atoms with Crippen molar-refractivity contribution in [1.29, 1.82) is 0 Å². The summed E-state index contributed by atoms with van der Waals surface area (Å²) < 4.78 is 11.2. The first-order valence-corrected chi connectivity index (χ1v) is 10.2. The zero-order chi connectivity index (χ0) is 20.0. The summed E-state index contributed by atoms with van der Waals surface area (Å²) in [5, 5.41) is 3.40. The molecule has 2 unspecified atom stereocenters. The number of fused-ring (bicyclic) bond motifs is 3. The maximum absolute atomic E-state index is 13.0. The average Bonchev–Trinajstić information content (AvgIpc) is 3.33. The maximum atomic E-state index is 13.0. The van der Waals surface area contributed by atoms with Gasteiger partial charge in [-0.25, -0.2) is 9.78 Å². The smallest absolute Gasteiger partial charge is 0.322 e. The van der Waals surface area contributed by atoms with Crippen LogP contribution in [0.4, 0.5) is 10.5 Å². The molecule has 3 aliphatic rings. The number of nitrogens with zero attached hydrogens (tertiary/aromatic N) is 3. The summed E-state index contributed by atoms with van der Waals surface area (Å²) in [5.74, 6) is -0.816. The van der Waals surface area contributed by atoms with E-state index in [1.54, 1.807) is 23.2 Å². The van der Waals surface area contributed by atoms with Crippen molar-refractivity contribution >= 4 is 28.7 Å². The van der Waals surface area contributed by atoms with Crippen LogP contribution in [0.3, 0.4) is 0 Å². The number of carbonyl (C=O) groups is 2. The highest BCUT2D eigenvalue weighted by Crippen LogP contribution is 2.33. The Bertz CT molecular complexity index is 922. The summed E-state index contributed by atoms with van der Waals surface area (Å²) in [5.41, 5.74) is 6.00. The van der Waals surface area contributed by atoms with Crippen LogP contribution in [0.25, 0.3) is 11.1 Å². The highest BCUT2D eigenvalue weighted by atomic mass is 16.5. The number of anilines is 1. The van der Waals surface area contributed by atoms with Gasteiger partial charge in [0.2, 0.25) is 11.5 Å². The lowest BCUT2D eigenvalue weighted by Crippen LogP contribution is -2.59. The number of likely N-dealkylation sites (tertiary alicyclic amines) is 1. The molecule has 0 aromatic carbocycles. The molecule has 3 saturated heterocycles. The number of hydrogen-bond acceptors (Lipinski definition) is 6. The van der Waals surface area contributed by atoms with E-state index in [1.165, 1.54) is 6.42 Å². The Morgan fingerprint density at radius 2 is 1.97 bits per heavy atom. The third kappa shape index (κ3) is 3.24. The highest BCUT2D eigenvalue weighted by Gasteiger charge is 2.42. The quantitative estimate of drug-likeness (QED) is 0.813. The number of amides is 3. The van der Waals surface area contributed by atoms with Crippen molar-refractivity contribution in [2.24, 2.45) is 5.73 Å². The molecule has 2 aromatic heterocycles. The first-order valence-electron chi connectivity index (χ1n) is 10.2. The van der Waals surface area contributed by atoms with Crippen LogP contribution in [0.15, 0.2) is 22.7 Å². The molecule has 3 atom stereocenters. The van der Waals surface area contributed by atoms with E-state index in [4.69, 9.17) is 14.9 Å². The van der Waals surface area contributed by atoms with Crippen LogP contribution in [0.5, 0.6) is 0 Å². The van der Waals surface area contributed by atoms with Crippen molar-refractivity contribution in [3.8, 4) is 0 Å². The average molecular weight is 399 g/mol. The van der Waals surface area contributed by atoms with Crippen molar-refractivity contribution in [1.82, 2.24) is 14.8 Å². The lowest BCUT2D eigenvalue weighted by molar-refractivity contribution is -0.0907. The second-order valence-corrected chi connectivity index (χ2v) is 8.07. The summed E-state index contributed by atoms with van der Waals surface area (Å²) in [6, 6.07) is 4.48. The normalized spacial score (nSPS) is 27.3. The molecular weight excluding hydrogens is 374 g/mol. The van der Waals surface area contributed by atoms with Gasteiger partial charge in [0.25, 0.3) is 5.91 Å². The largest absolute Gasteiger partial charge is 0.430 e. The molecule has 9 heteroatoms. The minimum atomic E-state index is -0.737. The molecule has 3 amide bonds. The molecule has 2 aromatic rings. The molecule has 0 spiro atoms. The van der Waals surface area contributed by atoms with Gasteiger partial charge in [0.05, 0.1) is 18.6 Å². The zero-order valence-electron chi connectivity index (χ0n) is 16.2. The van der Waals surface area contributed by atoms with Crippen LogP contribution in [-0.2, 0) is 4.74 Å². The monoisotopic (exact) mass is 399 g/mol. The van der Waals surface area contributed by atoms with Crippen molar-refractivity contribution in [2.45, 2.75) is 43.8 Å². The van der Waals surface area contributed by atoms with Crippen LogP contribution in [0, 0.1) is 0 Å². The van der Waals surface area contributed by atoms with E-state index in [2.05, 4.69) is 15.2 Å². The molecule has 3 fully saturated rings. The van der Waals surface area contributed by atoms with Gasteiger partial charge in [-0.3, -0.25) is 9.69 Å². The summed E-state index contributed by atoms with van der Waals surface area (Å²) >= 11 is 0. The number of piperidine rings is 1. The van der Waals surface area contributed by atoms with E-state index >= 15 is 0 Å². The van der Waals surface area contributed by atoms with E-state index in [0.717, 1.165) is 32.5 Å². The van der Waals surface area contributed by atoms with Crippen LogP contribution in [-0.4, -0.2) is 71.2 Å². The van der Waals surface area contributed by atoms with E-state index in [9.17, 15) is 9.59 Å². The second-order valence-electron chi connectivity index (χ2n) is 8.07. The molecule has 3 N–H and O–H groups in total. The Morgan fingerprint density at radius 3 is 2.72 bits per heavy atom. The van der Waals surface area contributed by atoms with Gasteiger partial charge in [-0.05, 0) is 31.4 Å². The number of carbonyl (C=O) groups excluding carboxylic acids is 2. The molecule has 2 bridgehead atoms. The molecule has 0 aliphatic carbocycles. The Balaban J connectivity index is 1.32. The number of ether oxygens (including phenoxy) is 1. The number of nitrogens with two attached hydrogens (primary N) is 1. The van der Waals surface area contributed by atoms with Gasteiger partial charge in [0.15, 0.2) is 0 Å². The first-order chi connectivity index (χ1) is 14.1. The van der Waals surface area contributed by atoms with Crippen molar-refractivity contribution in [3.05, 3.63) is 24.1 Å². The summed E-state index contributed by atoms with van der Waals surface area (Å²) in [7, 11) is 0. The van der Waals surface area contributed by atoms with E-state index in [0.29, 0.717) is 36.6 Å². The van der Waals surface area contributed by atoms with Gasteiger partial charge in [-0.15, -0.1) is 0 Å². The number of pyridine rings is 1. The van der Waals surface area contributed by atoms with Gasteiger partial charge in [0.1, 0.15) is 5.69 Å². The third-order valence-electron chi connectivity index (χ3n) is 6.33. The van der Waals surface area contributed by atoms with Crippen molar-refractivity contribution in [2.75, 3.05) is 31.6 Å². The predicted molar refractivity (Wildman–Crippen MR) is 106 cm³/mol. The number of rotatable bonds is 3. The highest BCUT2D eigenvalue weighted by molar-refractivity contribution is 6.09. The number of furan rings is 1. The Morgan fingerprint density at radius 1 is 1.17 bits per heavy atom. The van der Waals surface area contributed by atoms with Crippen LogP contribution >= 0.6 is 0 Å². The fraction of sp³-hybridized carbons (Fsp3) is 0.550. The molecular formula is C20H25N5O4. The molecule has 5 rings (SSSR count). The SMILES string of the molecule is NC(=O)c1oc2ncccc2c1NC(=O)N1CC[C@@H](N2C3CCCC2COC3)C1. The summed E-state index contributed by atoms with van der Waals surface area (Å²) in [6.45, 7) is 2.91. The summed E-state index contributed by atoms with van der Waals surface area (Å²) in [6.07, 6.45) is 6.08. The maximum Gasteiger partial charge on any atom is 0.322 e. The second kappa shape index (κ2) is 7.31. The molecule has 29 heavy (non-hydrogen) atoms. The minimum Gasteiger partial charge on any atom is -0.430 e. The molecule has 3 aliphatic heterocycles.